The van der Waals surface area contributed by atoms with Gasteiger partial charge in [-0.2, -0.15) is 0 Å². The minimum absolute atomic E-state index is 0.457. The zero-order valence-electron chi connectivity index (χ0n) is 19.7. The number of hydrazine groups is 1. The maximum absolute atomic E-state index is 6.02. The normalized spacial score (nSPS) is 29.0. The van der Waals surface area contributed by atoms with Crippen LogP contribution in [0.5, 0.6) is 0 Å². The summed E-state index contributed by atoms with van der Waals surface area (Å²) in [6.45, 7) is 17.7. The molecular formula is C24H48N6. The summed E-state index contributed by atoms with van der Waals surface area (Å²) < 4.78 is 0. The zero-order valence-corrected chi connectivity index (χ0v) is 19.7. The SMILES string of the molecule is CC1CCN(N2CCC(N3CCN(CCCCN4CCC(N)CC4)CC3)CC2)CC1. The summed E-state index contributed by atoms with van der Waals surface area (Å²) in [5, 5.41) is 5.33. The molecule has 4 heterocycles. The molecule has 0 amide bonds. The third-order valence-corrected chi connectivity index (χ3v) is 8.36. The summed E-state index contributed by atoms with van der Waals surface area (Å²) in [4.78, 5) is 8.15. The Morgan fingerprint density at radius 2 is 1.10 bits per heavy atom. The Bertz CT molecular complexity index is 470. The molecule has 0 unspecified atom stereocenters. The van der Waals surface area contributed by atoms with Crippen LogP contribution in [0.25, 0.3) is 0 Å². The third-order valence-electron chi connectivity index (χ3n) is 8.36. The lowest BCUT2D eigenvalue weighted by Crippen LogP contribution is -2.56. The Labute approximate surface area is 185 Å². The molecule has 0 radical (unpaired) electrons. The topological polar surface area (TPSA) is 42.2 Å². The summed E-state index contributed by atoms with van der Waals surface area (Å²) in [7, 11) is 0. The lowest BCUT2D eigenvalue weighted by molar-refractivity contribution is -0.0758. The van der Waals surface area contributed by atoms with Gasteiger partial charge >= 0.3 is 0 Å². The van der Waals surface area contributed by atoms with Crippen molar-refractivity contribution < 1.29 is 0 Å². The maximum Gasteiger partial charge on any atom is 0.0148 e. The van der Waals surface area contributed by atoms with Gasteiger partial charge in [-0.3, -0.25) is 4.90 Å². The lowest BCUT2D eigenvalue weighted by atomic mass is 9.99. The Kier molecular flexibility index (Phi) is 8.85. The zero-order chi connectivity index (χ0) is 20.8. The van der Waals surface area contributed by atoms with Gasteiger partial charge in [-0.15, -0.1) is 0 Å². The number of piperazine rings is 1. The first-order chi connectivity index (χ1) is 14.7. The maximum atomic E-state index is 6.02. The van der Waals surface area contributed by atoms with Gasteiger partial charge in [-0.05, 0) is 83.5 Å². The van der Waals surface area contributed by atoms with E-state index in [9.17, 15) is 0 Å². The van der Waals surface area contributed by atoms with E-state index in [1.807, 2.05) is 0 Å². The second-order valence-electron chi connectivity index (χ2n) is 10.6. The number of nitrogens with zero attached hydrogens (tertiary/aromatic N) is 5. The molecule has 4 rings (SSSR count). The molecule has 0 aromatic carbocycles. The van der Waals surface area contributed by atoms with Crippen LogP contribution in [0.15, 0.2) is 0 Å². The molecule has 0 atom stereocenters. The number of likely N-dealkylation sites (tertiary alicyclic amines) is 1. The van der Waals surface area contributed by atoms with Crippen molar-refractivity contribution >= 4 is 0 Å². The van der Waals surface area contributed by atoms with E-state index in [0.29, 0.717) is 6.04 Å². The van der Waals surface area contributed by atoms with E-state index in [1.54, 1.807) is 0 Å². The Morgan fingerprint density at radius 1 is 0.600 bits per heavy atom. The van der Waals surface area contributed by atoms with E-state index in [4.69, 9.17) is 5.73 Å². The van der Waals surface area contributed by atoms with Crippen LogP contribution in [0.1, 0.15) is 58.3 Å². The fourth-order valence-corrected chi connectivity index (χ4v) is 5.98. The van der Waals surface area contributed by atoms with Crippen molar-refractivity contribution in [3.05, 3.63) is 0 Å². The minimum Gasteiger partial charge on any atom is -0.328 e. The molecule has 2 N–H and O–H groups in total. The summed E-state index contributed by atoms with van der Waals surface area (Å²) in [6, 6.07) is 1.29. The molecule has 4 aliphatic heterocycles. The van der Waals surface area contributed by atoms with E-state index in [0.717, 1.165) is 12.0 Å². The standard InChI is InChI=1S/C24H48N6/c1-22-4-14-29(15-5-22)30-16-8-24(9-17-30)28-20-18-27(19-21-28)11-3-2-10-26-12-6-23(25)7-13-26/h22-24H,2-21,25H2,1H3. The summed E-state index contributed by atoms with van der Waals surface area (Å²) in [5.74, 6) is 0.929. The van der Waals surface area contributed by atoms with Gasteiger partial charge in [0.25, 0.3) is 0 Å². The fourth-order valence-electron chi connectivity index (χ4n) is 5.98. The van der Waals surface area contributed by atoms with Gasteiger partial charge in [0.1, 0.15) is 0 Å². The van der Waals surface area contributed by atoms with Crippen LogP contribution in [-0.2, 0) is 0 Å². The molecule has 6 heteroatoms. The van der Waals surface area contributed by atoms with Gasteiger partial charge in [-0.25, -0.2) is 10.0 Å². The predicted octanol–water partition coefficient (Wildman–Crippen LogP) is 1.92. The molecule has 0 aromatic rings. The van der Waals surface area contributed by atoms with E-state index in [-0.39, 0.29) is 0 Å². The summed E-state index contributed by atoms with van der Waals surface area (Å²) in [6.07, 6.45) is 10.6. The molecule has 4 saturated heterocycles. The van der Waals surface area contributed by atoms with Gasteiger partial charge in [0, 0.05) is 64.4 Å². The smallest absolute Gasteiger partial charge is 0.0148 e. The van der Waals surface area contributed by atoms with Crippen molar-refractivity contribution in [1.29, 1.82) is 0 Å². The molecule has 0 aliphatic carbocycles. The quantitative estimate of drug-likeness (QED) is 0.635. The van der Waals surface area contributed by atoms with Crippen molar-refractivity contribution in [2.24, 2.45) is 11.7 Å². The summed E-state index contributed by atoms with van der Waals surface area (Å²) >= 11 is 0. The monoisotopic (exact) mass is 420 g/mol. The van der Waals surface area contributed by atoms with Crippen LogP contribution in [0.3, 0.4) is 0 Å². The molecule has 4 aliphatic rings. The summed E-state index contributed by atoms with van der Waals surface area (Å²) in [5.41, 5.74) is 6.02. The second kappa shape index (κ2) is 11.6. The molecule has 0 spiro atoms. The molecule has 30 heavy (non-hydrogen) atoms. The molecular weight excluding hydrogens is 372 g/mol. The van der Waals surface area contributed by atoms with Gasteiger partial charge in [0.15, 0.2) is 0 Å². The molecule has 0 saturated carbocycles. The number of unbranched alkanes of at least 4 members (excludes halogenated alkanes) is 1. The van der Waals surface area contributed by atoms with Gasteiger partial charge in [-0.1, -0.05) is 6.92 Å². The lowest BCUT2D eigenvalue weighted by Gasteiger charge is -2.46. The number of rotatable bonds is 7. The van der Waals surface area contributed by atoms with Crippen LogP contribution in [0.4, 0.5) is 0 Å². The predicted molar refractivity (Wildman–Crippen MR) is 125 cm³/mol. The average Bonchev–Trinajstić information content (AvgIpc) is 2.79. The first-order valence-corrected chi connectivity index (χ1v) is 13.1. The Balaban J connectivity index is 1.06. The van der Waals surface area contributed by atoms with E-state index < -0.39 is 0 Å². The first-order valence-electron chi connectivity index (χ1n) is 13.1. The number of hydrogen-bond donors (Lipinski definition) is 1. The minimum atomic E-state index is 0.457. The van der Waals surface area contributed by atoms with Crippen molar-refractivity contribution in [3.63, 3.8) is 0 Å². The molecule has 4 fully saturated rings. The average molecular weight is 421 g/mol. The van der Waals surface area contributed by atoms with Crippen LogP contribution < -0.4 is 5.73 Å². The van der Waals surface area contributed by atoms with E-state index >= 15 is 0 Å². The van der Waals surface area contributed by atoms with Crippen molar-refractivity contribution in [1.82, 2.24) is 24.7 Å². The number of hydrogen-bond acceptors (Lipinski definition) is 6. The van der Waals surface area contributed by atoms with E-state index in [1.165, 1.54) is 130 Å². The highest BCUT2D eigenvalue weighted by molar-refractivity contribution is 4.84. The largest absolute Gasteiger partial charge is 0.328 e. The third kappa shape index (κ3) is 6.63. The van der Waals surface area contributed by atoms with Gasteiger partial charge < -0.3 is 15.5 Å². The Morgan fingerprint density at radius 3 is 1.67 bits per heavy atom. The van der Waals surface area contributed by atoms with Gasteiger partial charge in [0.2, 0.25) is 0 Å². The molecule has 6 nitrogen and oxygen atoms in total. The molecule has 0 aromatic heterocycles. The highest BCUT2D eigenvalue weighted by Gasteiger charge is 2.30. The fraction of sp³-hybridized carbons (Fsp3) is 1.00. The highest BCUT2D eigenvalue weighted by atomic mass is 15.6. The van der Waals surface area contributed by atoms with Crippen molar-refractivity contribution in [3.8, 4) is 0 Å². The molecule has 0 bridgehead atoms. The van der Waals surface area contributed by atoms with Crippen molar-refractivity contribution in [2.45, 2.75) is 70.4 Å². The van der Waals surface area contributed by atoms with Crippen LogP contribution in [0.2, 0.25) is 0 Å². The van der Waals surface area contributed by atoms with Gasteiger partial charge in [0.05, 0.1) is 0 Å². The van der Waals surface area contributed by atoms with Crippen LogP contribution in [0, 0.1) is 5.92 Å². The van der Waals surface area contributed by atoms with E-state index in [2.05, 4.69) is 31.6 Å². The number of nitrogens with two attached hydrogens (primary N) is 1. The molecule has 174 valence electrons. The van der Waals surface area contributed by atoms with Crippen LogP contribution in [-0.4, -0.2) is 115 Å². The first kappa shape index (κ1) is 22.9. The second-order valence-corrected chi connectivity index (χ2v) is 10.6. The Hall–Kier alpha value is -0.240. The number of piperidine rings is 3. The van der Waals surface area contributed by atoms with Crippen LogP contribution >= 0.6 is 0 Å². The van der Waals surface area contributed by atoms with Crippen molar-refractivity contribution in [2.75, 3.05) is 78.5 Å². The highest BCUT2D eigenvalue weighted by Crippen LogP contribution is 2.23.